The number of methoxy groups -OCH3 is 1. The molecule has 84 valence electrons. The van der Waals surface area contributed by atoms with Crippen molar-refractivity contribution >= 4 is 11.9 Å². The second kappa shape index (κ2) is 3.02. The highest BCUT2D eigenvalue weighted by Crippen LogP contribution is 2.49. The molecule has 0 amide bonds. The largest absolute Gasteiger partial charge is 0.504 e. The molecule has 1 heterocycles. The van der Waals surface area contributed by atoms with Crippen LogP contribution in [0.15, 0.2) is 0 Å². The third kappa shape index (κ3) is 1.02. The first-order valence-electron chi connectivity index (χ1n) is 4.10. The van der Waals surface area contributed by atoms with Crippen molar-refractivity contribution in [2.45, 2.75) is 0 Å². The number of phenolic OH excluding ortho intramolecular Hbond substituents is 3. The molecule has 1 aromatic carbocycles. The van der Waals surface area contributed by atoms with Crippen molar-refractivity contribution in [3.63, 3.8) is 0 Å². The predicted molar refractivity (Wildman–Crippen MR) is 47.7 cm³/mol. The average Bonchev–Trinajstić information content (AvgIpc) is 2.52. The Morgan fingerprint density at radius 1 is 0.938 bits per heavy atom. The van der Waals surface area contributed by atoms with E-state index in [9.17, 15) is 24.9 Å². The molecular weight excluding hydrogens is 220 g/mol. The van der Waals surface area contributed by atoms with E-state index < -0.39 is 46.1 Å². The van der Waals surface area contributed by atoms with Crippen LogP contribution in [0.2, 0.25) is 0 Å². The minimum atomic E-state index is -1.11. The van der Waals surface area contributed by atoms with Gasteiger partial charge < -0.3 is 24.8 Å². The molecule has 0 aliphatic carbocycles. The third-order valence-electron chi connectivity index (χ3n) is 2.18. The zero-order chi connectivity index (χ0) is 12.0. The summed E-state index contributed by atoms with van der Waals surface area (Å²) < 4.78 is 8.89. The Bertz CT molecular complexity index is 517. The summed E-state index contributed by atoms with van der Waals surface area (Å²) in [5, 5.41) is 28.1. The topological polar surface area (TPSA) is 113 Å². The summed E-state index contributed by atoms with van der Waals surface area (Å²) in [7, 11) is 1.13. The lowest BCUT2D eigenvalue weighted by atomic mass is 10.1. The van der Waals surface area contributed by atoms with Gasteiger partial charge in [-0.2, -0.15) is 0 Å². The quantitative estimate of drug-likeness (QED) is 0.354. The summed E-state index contributed by atoms with van der Waals surface area (Å²) in [6.07, 6.45) is 0. The van der Waals surface area contributed by atoms with E-state index in [1.54, 1.807) is 0 Å². The van der Waals surface area contributed by atoms with Gasteiger partial charge in [0, 0.05) is 0 Å². The first kappa shape index (κ1) is 10.1. The van der Waals surface area contributed by atoms with Gasteiger partial charge in [0.15, 0.2) is 11.5 Å². The van der Waals surface area contributed by atoms with Crippen molar-refractivity contribution in [2.75, 3.05) is 7.11 Å². The number of carbonyl (C=O) groups excluding carboxylic acids is 2. The van der Waals surface area contributed by atoms with Crippen molar-refractivity contribution < 1.29 is 34.4 Å². The van der Waals surface area contributed by atoms with Gasteiger partial charge in [-0.25, -0.2) is 9.59 Å². The van der Waals surface area contributed by atoms with Crippen LogP contribution in [0, 0.1) is 0 Å². The molecule has 2 rings (SSSR count). The number of hydrogen-bond donors (Lipinski definition) is 3. The summed E-state index contributed by atoms with van der Waals surface area (Å²) in [5.41, 5.74) is -0.919. The number of esters is 2. The van der Waals surface area contributed by atoms with Crippen LogP contribution in [0.4, 0.5) is 0 Å². The molecule has 1 aromatic rings. The minimum absolute atomic E-state index is 0.403. The Hall–Kier alpha value is -2.44. The summed E-state index contributed by atoms with van der Waals surface area (Å²) in [5.74, 6) is -5.26. The average molecular weight is 226 g/mol. The van der Waals surface area contributed by atoms with Gasteiger partial charge in [-0.15, -0.1) is 0 Å². The highest BCUT2D eigenvalue weighted by atomic mass is 16.6. The number of rotatable bonds is 1. The summed E-state index contributed by atoms with van der Waals surface area (Å²) >= 11 is 0. The lowest BCUT2D eigenvalue weighted by Crippen LogP contribution is -1.99. The highest BCUT2D eigenvalue weighted by Gasteiger charge is 2.40. The molecule has 7 nitrogen and oxygen atoms in total. The normalized spacial score (nSPS) is 13.6. The van der Waals surface area contributed by atoms with Crippen LogP contribution in [0.1, 0.15) is 20.7 Å². The van der Waals surface area contributed by atoms with Crippen LogP contribution in [0.5, 0.6) is 23.0 Å². The Labute approximate surface area is 88.5 Å². The molecule has 1 aliphatic rings. The monoisotopic (exact) mass is 226 g/mol. The lowest BCUT2D eigenvalue weighted by Gasteiger charge is -2.09. The third-order valence-corrected chi connectivity index (χ3v) is 2.18. The molecule has 0 unspecified atom stereocenters. The summed E-state index contributed by atoms with van der Waals surface area (Å²) in [6, 6.07) is 0. The van der Waals surface area contributed by atoms with Crippen LogP contribution in [0.3, 0.4) is 0 Å². The first-order valence-corrected chi connectivity index (χ1v) is 4.10. The highest BCUT2D eigenvalue weighted by molar-refractivity contribution is 6.18. The zero-order valence-electron chi connectivity index (χ0n) is 7.97. The van der Waals surface area contributed by atoms with Gasteiger partial charge in [0.2, 0.25) is 11.5 Å². The van der Waals surface area contributed by atoms with Crippen molar-refractivity contribution in [1.82, 2.24) is 0 Å². The minimum Gasteiger partial charge on any atom is -0.504 e. The maximum Gasteiger partial charge on any atom is 0.351 e. The van der Waals surface area contributed by atoms with Crippen LogP contribution in [-0.2, 0) is 4.74 Å². The van der Waals surface area contributed by atoms with Crippen LogP contribution in [0.25, 0.3) is 0 Å². The fourth-order valence-corrected chi connectivity index (χ4v) is 1.47. The van der Waals surface area contributed by atoms with Gasteiger partial charge in [0.05, 0.1) is 7.11 Å². The van der Waals surface area contributed by atoms with E-state index in [0.29, 0.717) is 0 Å². The van der Waals surface area contributed by atoms with Gasteiger partial charge in [-0.1, -0.05) is 0 Å². The second-order valence-electron chi connectivity index (χ2n) is 3.01. The molecule has 0 saturated heterocycles. The Morgan fingerprint density at radius 3 is 2.06 bits per heavy atom. The van der Waals surface area contributed by atoms with Crippen molar-refractivity contribution in [2.24, 2.45) is 0 Å². The van der Waals surface area contributed by atoms with Gasteiger partial charge >= 0.3 is 11.9 Å². The number of benzene rings is 1. The molecule has 0 spiro atoms. The second-order valence-corrected chi connectivity index (χ2v) is 3.01. The molecule has 0 bridgehead atoms. The summed E-state index contributed by atoms with van der Waals surface area (Å²) in [4.78, 5) is 22.4. The molecule has 0 saturated carbocycles. The predicted octanol–water partition coefficient (Wildman–Crippen LogP) is 0.123. The number of cyclic esters (lactones) is 2. The first-order chi connectivity index (χ1) is 7.49. The van der Waals surface area contributed by atoms with E-state index in [4.69, 9.17) is 0 Å². The van der Waals surface area contributed by atoms with Crippen LogP contribution < -0.4 is 4.74 Å². The zero-order valence-corrected chi connectivity index (χ0v) is 7.97. The molecule has 0 aromatic heterocycles. The number of phenols is 3. The number of carbonyl (C=O) groups is 2. The van der Waals surface area contributed by atoms with E-state index in [0.717, 1.165) is 7.11 Å². The molecule has 1 aliphatic heterocycles. The van der Waals surface area contributed by atoms with Gasteiger partial charge in [-0.05, 0) is 0 Å². The molecule has 7 heteroatoms. The number of aromatic hydroxyl groups is 3. The summed E-state index contributed by atoms with van der Waals surface area (Å²) in [6.45, 7) is 0. The fourth-order valence-electron chi connectivity index (χ4n) is 1.47. The molecule has 0 atom stereocenters. The molecule has 3 N–H and O–H groups in total. The van der Waals surface area contributed by atoms with Crippen molar-refractivity contribution in [3.8, 4) is 23.0 Å². The molecular formula is C9H6O7. The van der Waals surface area contributed by atoms with E-state index in [1.807, 2.05) is 0 Å². The van der Waals surface area contributed by atoms with Gasteiger partial charge in [0.25, 0.3) is 0 Å². The van der Waals surface area contributed by atoms with E-state index in [-0.39, 0.29) is 0 Å². The standard InChI is InChI=1S/C9H6O7/c1-15-7-3-2(8(13)16-9(3)14)4(10)5(11)6(7)12/h10-12H,1H3. The molecule has 16 heavy (non-hydrogen) atoms. The molecule has 0 radical (unpaired) electrons. The van der Waals surface area contributed by atoms with Gasteiger partial charge in [0.1, 0.15) is 11.1 Å². The maximum atomic E-state index is 11.2. The lowest BCUT2D eigenvalue weighted by molar-refractivity contribution is 0.0442. The number of hydrogen-bond acceptors (Lipinski definition) is 7. The van der Waals surface area contributed by atoms with Crippen LogP contribution >= 0.6 is 0 Å². The Kier molecular flexibility index (Phi) is 1.91. The number of ether oxygens (including phenoxy) is 2. The van der Waals surface area contributed by atoms with E-state index >= 15 is 0 Å². The van der Waals surface area contributed by atoms with Crippen molar-refractivity contribution in [3.05, 3.63) is 11.1 Å². The Balaban J connectivity index is 2.91. The smallest absolute Gasteiger partial charge is 0.351 e. The molecule has 0 fully saturated rings. The van der Waals surface area contributed by atoms with E-state index in [1.165, 1.54) is 0 Å². The SMILES string of the molecule is COc1c(O)c(O)c(O)c2c1C(=O)OC2=O. The fraction of sp³-hybridized carbons (Fsp3) is 0.111. The van der Waals surface area contributed by atoms with E-state index in [2.05, 4.69) is 9.47 Å². The van der Waals surface area contributed by atoms with Crippen LogP contribution in [-0.4, -0.2) is 34.4 Å². The Morgan fingerprint density at radius 2 is 1.50 bits per heavy atom. The van der Waals surface area contributed by atoms with Crippen molar-refractivity contribution in [1.29, 1.82) is 0 Å². The number of fused-ring (bicyclic) bond motifs is 1. The maximum absolute atomic E-state index is 11.2. The van der Waals surface area contributed by atoms with Gasteiger partial charge in [-0.3, -0.25) is 0 Å².